The van der Waals surface area contributed by atoms with Gasteiger partial charge in [-0.1, -0.05) is 32.0 Å². The Morgan fingerprint density at radius 2 is 1.80 bits per heavy atom. The fourth-order valence-electron chi connectivity index (χ4n) is 2.92. The van der Waals surface area contributed by atoms with Gasteiger partial charge in [-0.3, -0.25) is 19.2 Å². The van der Waals surface area contributed by atoms with Crippen LogP contribution in [-0.4, -0.2) is 40.3 Å². The molecule has 0 radical (unpaired) electrons. The van der Waals surface area contributed by atoms with Gasteiger partial charge in [0.05, 0.1) is 17.4 Å². The molecule has 6 heteroatoms. The van der Waals surface area contributed by atoms with Crippen LogP contribution in [0.2, 0.25) is 0 Å². The van der Waals surface area contributed by atoms with Crippen molar-refractivity contribution < 1.29 is 4.79 Å². The Labute approximate surface area is 149 Å². The summed E-state index contributed by atoms with van der Waals surface area (Å²) < 4.78 is 3.33. The molecule has 1 amide bonds. The average molecular weight is 344 g/mol. The van der Waals surface area contributed by atoms with E-state index in [1.807, 2.05) is 63.3 Å². The number of nitrogens with one attached hydrogen (secondary N) is 1. The first kappa shape index (κ1) is 19.0. The second-order valence-electron chi connectivity index (χ2n) is 7.03. The molecule has 1 heterocycles. The smallest absolute Gasteiger partial charge is 0.295 e. The fourth-order valence-corrected chi connectivity index (χ4v) is 2.92. The third-order valence-corrected chi connectivity index (χ3v) is 4.42. The first-order valence-corrected chi connectivity index (χ1v) is 8.55. The molecule has 0 spiro atoms. The van der Waals surface area contributed by atoms with Crippen LogP contribution in [0.25, 0.3) is 5.69 Å². The van der Waals surface area contributed by atoms with Gasteiger partial charge in [-0.15, -0.1) is 0 Å². The highest BCUT2D eigenvalue weighted by Crippen LogP contribution is 2.16. The summed E-state index contributed by atoms with van der Waals surface area (Å²) in [7, 11) is 5.58. The van der Waals surface area contributed by atoms with Crippen LogP contribution in [0, 0.1) is 12.8 Å². The van der Waals surface area contributed by atoms with Crippen LogP contribution in [0.5, 0.6) is 0 Å². The highest BCUT2D eigenvalue weighted by Gasteiger charge is 2.25. The Bertz CT molecular complexity index is 788. The van der Waals surface area contributed by atoms with Gasteiger partial charge in [-0.2, -0.15) is 0 Å². The Kier molecular flexibility index (Phi) is 5.85. The van der Waals surface area contributed by atoms with Crippen molar-refractivity contribution in [1.29, 1.82) is 0 Å². The SMILES string of the molecule is Cc1c(NC(=O)[C@H](CC(C)C)N(C)C)c(=O)n(-c2ccccc2)n1C. The third kappa shape index (κ3) is 4.02. The molecule has 1 aromatic carbocycles. The zero-order valence-corrected chi connectivity index (χ0v) is 15.9. The number of carbonyl (C=O) groups excluding carboxylic acids is 1. The maximum absolute atomic E-state index is 12.9. The van der Waals surface area contributed by atoms with Crippen molar-refractivity contribution in [3.05, 3.63) is 46.4 Å². The van der Waals surface area contributed by atoms with E-state index in [1.54, 1.807) is 9.36 Å². The molecule has 2 rings (SSSR count). The number of carbonyl (C=O) groups is 1. The normalized spacial score (nSPS) is 12.6. The van der Waals surface area contributed by atoms with Crippen LogP contribution in [0.1, 0.15) is 26.0 Å². The molecule has 0 saturated carbocycles. The first-order valence-electron chi connectivity index (χ1n) is 8.55. The lowest BCUT2D eigenvalue weighted by Gasteiger charge is -2.24. The fraction of sp³-hybridized carbons (Fsp3) is 0.474. The van der Waals surface area contributed by atoms with Gasteiger partial charge in [0.1, 0.15) is 5.69 Å². The summed E-state index contributed by atoms with van der Waals surface area (Å²) in [4.78, 5) is 27.5. The molecular formula is C19H28N4O2. The van der Waals surface area contributed by atoms with E-state index in [0.29, 0.717) is 11.6 Å². The van der Waals surface area contributed by atoms with Gasteiger partial charge >= 0.3 is 0 Å². The van der Waals surface area contributed by atoms with E-state index in [1.165, 1.54) is 0 Å². The summed E-state index contributed by atoms with van der Waals surface area (Å²) in [6.45, 7) is 6.00. The minimum atomic E-state index is -0.274. The molecule has 0 aliphatic heterocycles. The second-order valence-corrected chi connectivity index (χ2v) is 7.03. The standard InChI is InChI=1S/C19H28N4O2/c1-13(2)12-16(21(4)5)18(24)20-17-14(3)22(6)23(19(17)25)15-10-8-7-9-11-15/h7-11,13,16H,12H2,1-6H3,(H,20,24)/t16-/m0/s1. The zero-order chi connectivity index (χ0) is 18.7. The largest absolute Gasteiger partial charge is 0.319 e. The van der Waals surface area contributed by atoms with Crippen LogP contribution in [-0.2, 0) is 11.8 Å². The predicted molar refractivity (Wildman–Crippen MR) is 101 cm³/mol. The van der Waals surface area contributed by atoms with Crippen LogP contribution in [0.4, 0.5) is 5.69 Å². The third-order valence-electron chi connectivity index (χ3n) is 4.42. The number of nitrogens with zero attached hydrogens (tertiary/aromatic N) is 3. The molecule has 25 heavy (non-hydrogen) atoms. The van der Waals surface area contributed by atoms with Crippen molar-refractivity contribution in [1.82, 2.24) is 14.3 Å². The molecule has 1 atom stereocenters. The highest BCUT2D eigenvalue weighted by molar-refractivity contribution is 5.95. The lowest BCUT2D eigenvalue weighted by Crippen LogP contribution is -2.41. The number of benzene rings is 1. The molecule has 1 aromatic heterocycles. The van der Waals surface area contributed by atoms with E-state index < -0.39 is 0 Å². The van der Waals surface area contributed by atoms with Crippen LogP contribution in [0.3, 0.4) is 0 Å². The lowest BCUT2D eigenvalue weighted by molar-refractivity contribution is -0.120. The van der Waals surface area contributed by atoms with E-state index in [-0.39, 0.29) is 17.5 Å². The first-order chi connectivity index (χ1) is 11.7. The van der Waals surface area contributed by atoms with Gasteiger partial charge in [0.2, 0.25) is 5.91 Å². The maximum Gasteiger partial charge on any atom is 0.295 e. The quantitative estimate of drug-likeness (QED) is 0.875. The monoisotopic (exact) mass is 344 g/mol. The minimum Gasteiger partial charge on any atom is -0.319 e. The van der Waals surface area contributed by atoms with Gasteiger partial charge in [-0.25, -0.2) is 4.68 Å². The van der Waals surface area contributed by atoms with E-state index in [2.05, 4.69) is 19.2 Å². The Morgan fingerprint density at radius 3 is 2.32 bits per heavy atom. The Hall–Kier alpha value is -2.34. The summed E-state index contributed by atoms with van der Waals surface area (Å²) in [5, 5.41) is 2.86. The molecule has 6 nitrogen and oxygen atoms in total. The van der Waals surface area contributed by atoms with Crippen LogP contribution >= 0.6 is 0 Å². The average Bonchev–Trinajstić information content (AvgIpc) is 2.76. The van der Waals surface area contributed by atoms with E-state index in [0.717, 1.165) is 17.8 Å². The summed E-state index contributed by atoms with van der Waals surface area (Å²) in [5.74, 6) is 0.237. The number of para-hydroxylation sites is 1. The number of rotatable bonds is 6. The molecular weight excluding hydrogens is 316 g/mol. The van der Waals surface area contributed by atoms with Crippen molar-refractivity contribution in [2.45, 2.75) is 33.2 Å². The summed E-state index contributed by atoms with van der Waals surface area (Å²) in [6, 6.07) is 9.13. The maximum atomic E-state index is 12.9. The predicted octanol–water partition coefficient (Wildman–Crippen LogP) is 2.40. The topological polar surface area (TPSA) is 59.3 Å². The molecule has 0 aliphatic carbocycles. The number of aromatic nitrogens is 2. The molecule has 136 valence electrons. The van der Waals surface area contributed by atoms with Gasteiger partial charge < -0.3 is 5.32 Å². The number of amides is 1. The Balaban J connectivity index is 2.38. The van der Waals surface area contributed by atoms with Crippen molar-refractivity contribution in [3.8, 4) is 5.69 Å². The summed E-state index contributed by atoms with van der Waals surface area (Å²) >= 11 is 0. The van der Waals surface area contributed by atoms with Crippen molar-refractivity contribution in [2.75, 3.05) is 19.4 Å². The lowest BCUT2D eigenvalue weighted by atomic mass is 10.0. The molecule has 2 aromatic rings. The van der Waals surface area contributed by atoms with Crippen molar-refractivity contribution >= 4 is 11.6 Å². The highest BCUT2D eigenvalue weighted by atomic mass is 16.2. The summed E-state index contributed by atoms with van der Waals surface area (Å²) in [6.07, 6.45) is 0.734. The summed E-state index contributed by atoms with van der Waals surface area (Å²) in [5.41, 5.74) is 1.61. The number of likely N-dealkylation sites (N-methyl/N-ethyl adjacent to an activating group) is 1. The van der Waals surface area contributed by atoms with E-state index >= 15 is 0 Å². The van der Waals surface area contributed by atoms with E-state index in [9.17, 15) is 9.59 Å². The van der Waals surface area contributed by atoms with Crippen LogP contribution in [0.15, 0.2) is 35.1 Å². The van der Waals surface area contributed by atoms with Gasteiger partial charge in [0.25, 0.3) is 5.56 Å². The number of hydrogen-bond donors (Lipinski definition) is 1. The van der Waals surface area contributed by atoms with Gasteiger partial charge in [-0.05, 0) is 45.5 Å². The van der Waals surface area contributed by atoms with E-state index in [4.69, 9.17) is 0 Å². The van der Waals surface area contributed by atoms with Gasteiger partial charge in [0.15, 0.2) is 0 Å². The minimum absolute atomic E-state index is 0.148. The molecule has 0 bridgehead atoms. The second kappa shape index (κ2) is 7.70. The zero-order valence-electron chi connectivity index (χ0n) is 15.9. The molecule has 1 N–H and O–H groups in total. The number of anilines is 1. The van der Waals surface area contributed by atoms with Crippen LogP contribution < -0.4 is 10.9 Å². The number of hydrogen-bond acceptors (Lipinski definition) is 3. The van der Waals surface area contributed by atoms with Crippen molar-refractivity contribution in [3.63, 3.8) is 0 Å². The molecule has 0 unspecified atom stereocenters. The molecule has 0 aliphatic rings. The molecule has 0 saturated heterocycles. The Morgan fingerprint density at radius 1 is 1.20 bits per heavy atom. The van der Waals surface area contributed by atoms with Gasteiger partial charge in [0, 0.05) is 7.05 Å². The molecule has 0 fully saturated rings. The van der Waals surface area contributed by atoms with Crippen molar-refractivity contribution in [2.24, 2.45) is 13.0 Å².